The molecule has 45 heavy (non-hydrogen) atoms. The molecule has 0 aliphatic carbocycles. The highest BCUT2D eigenvalue weighted by Crippen LogP contribution is 2.24. The van der Waals surface area contributed by atoms with Crippen LogP contribution in [0.4, 0.5) is 13.2 Å². The maximum absolute atomic E-state index is 10.7. The number of aromatic nitrogens is 1. The third kappa shape index (κ3) is 8.70. The smallest absolute Gasteiger partial charge is 0.485 e. The fourth-order valence-corrected chi connectivity index (χ4v) is 4.37. The Kier molecular flexibility index (Phi) is 10.3. The molecule has 0 atom stereocenters. The standard InChI is InChI=1S/C36H28N.CHF3O3S/c1-27-9-4-6-13-35(27)31-21-15-29(16-22-31)19-25-33-11-8-12-34(37(33)3)26-20-30-17-23-32(24-18-30)36-14-7-5-10-28(36)2;2-1(3,4)8(5,6)7/h4-18,21-24H,1-3H3;(H,5,6,7)/q+1;/p-1. The van der Waals surface area contributed by atoms with E-state index in [0.29, 0.717) is 0 Å². The molecule has 0 spiro atoms. The molecule has 0 unspecified atom stereocenters. The Morgan fingerprint density at radius 2 is 0.933 bits per heavy atom. The van der Waals surface area contributed by atoms with Crippen LogP contribution < -0.4 is 4.57 Å². The monoisotopic (exact) mass is 623 g/mol. The van der Waals surface area contributed by atoms with E-state index in [1.807, 2.05) is 29.8 Å². The van der Waals surface area contributed by atoms with E-state index in [4.69, 9.17) is 13.0 Å². The van der Waals surface area contributed by atoms with E-state index in [1.54, 1.807) is 0 Å². The van der Waals surface area contributed by atoms with Crippen molar-refractivity contribution in [2.45, 2.75) is 19.4 Å². The van der Waals surface area contributed by atoms with E-state index in [9.17, 15) is 13.2 Å². The Balaban J connectivity index is 0.000000510. The number of aryl methyl sites for hydroxylation is 2. The summed E-state index contributed by atoms with van der Waals surface area (Å²) in [6, 6.07) is 39.8. The van der Waals surface area contributed by atoms with Crippen LogP contribution in [0, 0.1) is 37.5 Å². The molecule has 0 bridgehead atoms. The Hall–Kier alpha value is -5.15. The van der Waals surface area contributed by atoms with Gasteiger partial charge < -0.3 is 4.55 Å². The summed E-state index contributed by atoms with van der Waals surface area (Å²) < 4.78 is 60.9. The minimum atomic E-state index is -6.09. The van der Waals surface area contributed by atoms with Gasteiger partial charge in [0.25, 0.3) is 11.4 Å². The summed E-state index contributed by atoms with van der Waals surface area (Å²) in [5.74, 6) is 13.2. The summed E-state index contributed by atoms with van der Waals surface area (Å²) in [4.78, 5) is 0. The topological polar surface area (TPSA) is 61.1 Å². The molecule has 0 aliphatic rings. The summed E-state index contributed by atoms with van der Waals surface area (Å²) in [6.45, 7) is 4.28. The highest BCUT2D eigenvalue weighted by Gasteiger charge is 2.36. The van der Waals surface area contributed by atoms with Gasteiger partial charge in [-0.1, -0.05) is 84.6 Å². The average Bonchev–Trinajstić information content (AvgIpc) is 3.00. The quantitative estimate of drug-likeness (QED) is 0.0897. The largest absolute Gasteiger partial charge is 0.741 e. The van der Waals surface area contributed by atoms with Crippen LogP contribution in [-0.4, -0.2) is 18.5 Å². The first kappa shape index (κ1) is 32.8. The first-order valence-corrected chi connectivity index (χ1v) is 15.1. The number of benzene rings is 4. The zero-order chi connectivity index (χ0) is 32.6. The van der Waals surface area contributed by atoms with Gasteiger partial charge >= 0.3 is 5.51 Å². The second-order valence-electron chi connectivity index (χ2n) is 10.0. The fourth-order valence-electron chi connectivity index (χ4n) is 4.37. The van der Waals surface area contributed by atoms with E-state index < -0.39 is 15.6 Å². The van der Waals surface area contributed by atoms with Gasteiger partial charge in [-0.15, -0.1) is 0 Å². The van der Waals surface area contributed by atoms with Gasteiger partial charge in [0, 0.05) is 35.1 Å². The van der Waals surface area contributed by atoms with Crippen molar-refractivity contribution in [1.29, 1.82) is 0 Å². The number of nitrogens with zero attached hydrogens (tertiary/aromatic N) is 1. The van der Waals surface area contributed by atoms with Crippen molar-refractivity contribution in [3.05, 3.63) is 149 Å². The summed E-state index contributed by atoms with van der Waals surface area (Å²) in [5.41, 5.74) is 5.64. The van der Waals surface area contributed by atoms with Crippen molar-refractivity contribution in [3.8, 4) is 45.9 Å². The number of hydrogen-bond donors (Lipinski definition) is 0. The van der Waals surface area contributed by atoms with Gasteiger partial charge in [0.05, 0.1) is 0 Å². The lowest BCUT2D eigenvalue weighted by Crippen LogP contribution is -2.36. The van der Waals surface area contributed by atoms with Gasteiger partial charge in [0.2, 0.25) is 0 Å². The van der Waals surface area contributed by atoms with Crippen molar-refractivity contribution in [2.24, 2.45) is 7.05 Å². The molecule has 0 amide bonds. The first-order valence-electron chi connectivity index (χ1n) is 13.7. The molecule has 0 N–H and O–H groups in total. The lowest BCUT2D eigenvalue weighted by molar-refractivity contribution is -0.676. The number of pyridine rings is 1. The van der Waals surface area contributed by atoms with Gasteiger partial charge in [-0.3, -0.25) is 0 Å². The zero-order valence-electron chi connectivity index (χ0n) is 24.7. The van der Waals surface area contributed by atoms with Crippen molar-refractivity contribution >= 4 is 10.1 Å². The Morgan fingerprint density at radius 3 is 1.27 bits per heavy atom. The minimum absolute atomic E-state index is 0.921. The van der Waals surface area contributed by atoms with Gasteiger partial charge in [0.15, 0.2) is 10.1 Å². The Morgan fingerprint density at radius 1 is 0.578 bits per heavy atom. The average molecular weight is 624 g/mol. The van der Waals surface area contributed by atoms with Crippen LogP contribution in [0.5, 0.6) is 0 Å². The highest BCUT2D eigenvalue weighted by molar-refractivity contribution is 7.86. The predicted molar refractivity (Wildman–Crippen MR) is 169 cm³/mol. The highest BCUT2D eigenvalue weighted by atomic mass is 32.2. The van der Waals surface area contributed by atoms with Crippen molar-refractivity contribution in [3.63, 3.8) is 0 Å². The maximum Gasteiger partial charge on any atom is 0.485 e. The van der Waals surface area contributed by atoms with Gasteiger partial charge in [-0.05, 0) is 77.6 Å². The van der Waals surface area contributed by atoms with Crippen LogP contribution in [0.15, 0.2) is 115 Å². The molecule has 0 saturated heterocycles. The molecule has 8 heteroatoms. The number of rotatable bonds is 2. The van der Waals surface area contributed by atoms with Crippen LogP contribution in [0.3, 0.4) is 0 Å². The molecule has 0 fully saturated rings. The van der Waals surface area contributed by atoms with Gasteiger partial charge in [0.1, 0.15) is 7.05 Å². The summed E-state index contributed by atoms with van der Waals surface area (Å²) >= 11 is 0. The molecular weight excluding hydrogens is 595 g/mol. The van der Waals surface area contributed by atoms with Crippen LogP contribution in [0.1, 0.15) is 33.6 Å². The fraction of sp³-hybridized carbons (Fsp3) is 0.108. The lowest BCUT2D eigenvalue weighted by Gasteiger charge is -2.08. The van der Waals surface area contributed by atoms with E-state index >= 15 is 0 Å². The van der Waals surface area contributed by atoms with Crippen LogP contribution >= 0.6 is 0 Å². The molecule has 0 aliphatic heterocycles. The molecule has 1 heterocycles. The van der Waals surface area contributed by atoms with Crippen LogP contribution in [0.2, 0.25) is 0 Å². The van der Waals surface area contributed by atoms with Crippen LogP contribution in [0.25, 0.3) is 22.3 Å². The summed E-state index contributed by atoms with van der Waals surface area (Å²) in [6.07, 6.45) is 0. The molecule has 4 aromatic carbocycles. The third-order valence-corrected chi connectivity index (χ3v) is 7.43. The molecule has 4 nitrogen and oxygen atoms in total. The molecule has 5 aromatic rings. The third-order valence-electron chi connectivity index (χ3n) is 6.87. The number of halogens is 3. The molecule has 0 saturated carbocycles. The second-order valence-corrected chi connectivity index (χ2v) is 11.4. The Bertz CT molecular complexity index is 1920. The summed E-state index contributed by atoms with van der Waals surface area (Å²) in [7, 11) is -4.08. The predicted octanol–water partition coefficient (Wildman–Crippen LogP) is 7.31. The molecular formula is C37H28F3NO3S. The van der Waals surface area contributed by atoms with Gasteiger partial charge in [-0.2, -0.15) is 17.7 Å². The minimum Gasteiger partial charge on any atom is -0.741 e. The molecule has 226 valence electrons. The number of alkyl halides is 3. The molecule has 0 radical (unpaired) electrons. The lowest BCUT2D eigenvalue weighted by atomic mass is 10.00. The van der Waals surface area contributed by atoms with Gasteiger partial charge in [-0.25, -0.2) is 8.42 Å². The second kappa shape index (κ2) is 14.1. The van der Waals surface area contributed by atoms with Crippen molar-refractivity contribution in [1.82, 2.24) is 0 Å². The van der Waals surface area contributed by atoms with E-state index in [1.165, 1.54) is 33.4 Å². The molecule has 5 rings (SSSR count). The first-order chi connectivity index (χ1) is 21.3. The van der Waals surface area contributed by atoms with Crippen molar-refractivity contribution in [2.75, 3.05) is 0 Å². The normalized spacial score (nSPS) is 10.8. The van der Waals surface area contributed by atoms with Crippen molar-refractivity contribution < 1.29 is 30.7 Å². The van der Waals surface area contributed by atoms with E-state index in [2.05, 4.69) is 135 Å². The molecule has 1 aromatic heterocycles. The summed E-state index contributed by atoms with van der Waals surface area (Å²) in [5, 5.41) is 0. The maximum atomic E-state index is 10.7. The number of hydrogen-bond acceptors (Lipinski definition) is 3. The van der Waals surface area contributed by atoms with Crippen LogP contribution in [-0.2, 0) is 17.2 Å². The van der Waals surface area contributed by atoms with E-state index in [0.717, 1.165) is 22.5 Å². The Labute approximate surface area is 261 Å². The zero-order valence-corrected chi connectivity index (χ0v) is 25.5. The SMILES string of the molecule is Cc1ccccc1-c1ccc(C#Cc2cccc(C#Cc3ccc(-c4ccccc4C)cc3)[n+]2C)cc1.O=S(=O)([O-])C(F)(F)F. The van der Waals surface area contributed by atoms with E-state index in [-0.39, 0.29) is 0 Å².